The standard InChI is InChI=1S/C12H19ClN4O3/c1-2-3-5-17-12(19)11(13)9(7-16-17)15-4-6-20-8-10(14)18/h7,15H,2-6,8H2,1H3,(H2,14,18). The van der Waals surface area contributed by atoms with Gasteiger partial charge in [-0.2, -0.15) is 5.10 Å². The lowest BCUT2D eigenvalue weighted by molar-refractivity contribution is -0.122. The molecule has 1 heterocycles. The minimum Gasteiger partial charge on any atom is -0.380 e. The predicted octanol–water partition coefficient (Wildman–Crippen LogP) is 0.611. The normalized spacial score (nSPS) is 10.5. The quantitative estimate of drug-likeness (QED) is 0.651. The molecule has 112 valence electrons. The van der Waals surface area contributed by atoms with Gasteiger partial charge in [-0.25, -0.2) is 4.68 Å². The summed E-state index contributed by atoms with van der Waals surface area (Å²) in [6.07, 6.45) is 3.35. The number of aryl methyl sites for hydroxylation is 1. The number of nitrogens with two attached hydrogens (primary N) is 1. The van der Waals surface area contributed by atoms with E-state index in [1.807, 2.05) is 6.92 Å². The van der Waals surface area contributed by atoms with Crippen LogP contribution in [0, 0.1) is 0 Å². The third kappa shape index (κ3) is 5.18. The highest BCUT2D eigenvalue weighted by atomic mass is 35.5. The molecular formula is C12H19ClN4O3. The molecule has 0 spiro atoms. The van der Waals surface area contributed by atoms with Crippen molar-refractivity contribution in [3.63, 3.8) is 0 Å². The van der Waals surface area contributed by atoms with Crippen LogP contribution in [0.4, 0.5) is 5.69 Å². The number of unbranched alkanes of at least 4 members (excludes halogenated alkanes) is 1. The van der Waals surface area contributed by atoms with Crippen LogP contribution in [0.2, 0.25) is 5.02 Å². The number of nitrogens with one attached hydrogen (secondary N) is 1. The average Bonchev–Trinajstić information content (AvgIpc) is 2.41. The number of ether oxygens (including phenoxy) is 1. The summed E-state index contributed by atoms with van der Waals surface area (Å²) in [5, 5.41) is 7.07. The van der Waals surface area contributed by atoms with Gasteiger partial charge in [-0.15, -0.1) is 0 Å². The van der Waals surface area contributed by atoms with Crippen molar-refractivity contribution in [3.8, 4) is 0 Å². The number of halogens is 1. The van der Waals surface area contributed by atoms with Crippen LogP contribution in [-0.2, 0) is 16.1 Å². The maximum Gasteiger partial charge on any atom is 0.287 e. The Balaban J connectivity index is 2.53. The van der Waals surface area contributed by atoms with Gasteiger partial charge in [0.05, 0.1) is 18.5 Å². The van der Waals surface area contributed by atoms with Crippen LogP contribution < -0.4 is 16.6 Å². The summed E-state index contributed by atoms with van der Waals surface area (Å²) in [6, 6.07) is 0. The summed E-state index contributed by atoms with van der Waals surface area (Å²) >= 11 is 5.99. The van der Waals surface area contributed by atoms with Crippen molar-refractivity contribution in [1.82, 2.24) is 9.78 Å². The number of rotatable bonds is 9. The van der Waals surface area contributed by atoms with Gasteiger partial charge in [-0.3, -0.25) is 9.59 Å². The lowest BCUT2D eigenvalue weighted by atomic mass is 10.3. The monoisotopic (exact) mass is 302 g/mol. The van der Waals surface area contributed by atoms with Gasteiger partial charge >= 0.3 is 0 Å². The summed E-state index contributed by atoms with van der Waals surface area (Å²) in [7, 11) is 0. The van der Waals surface area contributed by atoms with Crippen molar-refractivity contribution in [1.29, 1.82) is 0 Å². The molecule has 0 unspecified atom stereocenters. The largest absolute Gasteiger partial charge is 0.380 e. The lowest BCUT2D eigenvalue weighted by Gasteiger charge is -2.10. The van der Waals surface area contributed by atoms with E-state index >= 15 is 0 Å². The van der Waals surface area contributed by atoms with E-state index in [9.17, 15) is 9.59 Å². The van der Waals surface area contributed by atoms with Crippen LogP contribution in [0.3, 0.4) is 0 Å². The van der Waals surface area contributed by atoms with Crippen molar-refractivity contribution in [2.45, 2.75) is 26.3 Å². The Morgan fingerprint density at radius 2 is 2.35 bits per heavy atom. The topological polar surface area (TPSA) is 99.2 Å². The van der Waals surface area contributed by atoms with Crippen molar-refractivity contribution in [3.05, 3.63) is 21.6 Å². The molecular weight excluding hydrogens is 284 g/mol. The summed E-state index contributed by atoms with van der Waals surface area (Å²) < 4.78 is 6.33. The molecule has 0 aliphatic rings. The Morgan fingerprint density at radius 3 is 3.00 bits per heavy atom. The Labute approximate surface area is 122 Å². The van der Waals surface area contributed by atoms with Crippen LogP contribution in [0.25, 0.3) is 0 Å². The van der Waals surface area contributed by atoms with Crippen molar-refractivity contribution >= 4 is 23.2 Å². The van der Waals surface area contributed by atoms with E-state index in [-0.39, 0.29) is 23.8 Å². The lowest BCUT2D eigenvalue weighted by Crippen LogP contribution is -2.25. The molecule has 0 aliphatic carbocycles. The van der Waals surface area contributed by atoms with Crippen molar-refractivity contribution < 1.29 is 9.53 Å². The zero-order valence-electron chi connectivity index (χ0n) is 11.4. The van der Waals surface area contributed by atoms with Crippen molar-refractivity contribution in [2.24, 2.45) is 5.73 Å². The van der Waals surface area contributed by atoms with Crippen LogP contribution in [0.15, 0.2) is 11.0 Å². The van der Waals surface area contributed by atoms with E-state index in [0.717, 1.165) is 12.8 Å². The van der Waals surface area contributed by atoms with Crippen LogP contribution in [-0.4, -0.2) is 35.4 Å². The molecule has 1 rings (SSSR count). The molecule has 7 nitrogen and oxygen atoms in total. The highest BCUT2D eigenvalue weighted by molar-refractivity contribution is 6.32. The smallest absolute Gasteiger partial charge is 0.287 e. The molecule has 0 saturated carbocycles. The molecule has 0 aromatic carbocycles. The molecule has 8 heteroatoms. The molecule has 0 saturated heterocycles. The predicted molar refractivity (Wildman–Crippen MR) is 76.9 cm³/mol. The summed E-state index contributed by atoms with van der Waals surface area (Å²) in [4.78, 5) is 22.4. The van der Waals surface area contributed by atoms with Gasteiger partial charge in [0, 0.05) is 13.1 Å². The Morgan fingerprint density at radius 1 is 1.60 bits per heavy atom. The molecule has 0 bridgehead atoms. The van der Waals surface area contributed by atoms with E-state index < -0.39 is 5.91 Å². The van der Waals surface area contributed by atoms with Gasteiger partial charge in [0.1, 0.15) is 11.6 Å². The van der Waals surface area contributed by atoms with Gasteiger partial charge in [-0.1, -0.05) is 24.9 Å². The molecule has 20 heavy (non-hydrogen) atoms. The third-order valence-corrected chi connectivity index (χ3v) is 2.88. The number of anilines is 1. The SMILES string of the molecule is CCCCn1ncc(NCCOCC(N)=O)c(Cl)c1=O. The first kappa shape index (κ1) is 16.5. The van der Waals surface area contributed by atoms with Gasteiger partial charge in [-0.05, 0) is 6.42 Å². The average molecular weight is 303 g/mol. The van der Waals surface area contributed by atoms with E-state index in [4.69, 9.17) is 22.1 Å². The number of primary amides is 1. The zero-order valence-corrected chi connectivity index (χ0v) is 12.2. The number of nitrogens with zero attached hydrogens (tertiary/aromatic N) is 2. The number of hydrogen-bond donors (Lipinski definition) is 2. The Bertz CT molecular complexity index is 504. The number of aromatic nitrogens is 2. The molecule has 0 atom stereocenters. The van der Waals surface area contributed by atoms with Crippen LogP contribution >= 0.6 is 11.6 Å². The van der Waals surface area contributed by atoms with Crippen molar-refractivity contribution in [2.75, 3.05) is 25.1 Å². The molecule has 0 fully saturated rings. The fraction of sp³-hybridized carbons (Fsp3) is 0.583. The summed E-state index contributed by atoms with van der Waals surface area (Å²) in [5.74, 6) is -0.525. The minimum absolute atomic E-state index is 0.103. The molecule has 3 N–H and O–H groups in total. The number of amides is 1. The molecule has 1 aromatic rings. The van der Waals surface area contributed by atoms with Gasteiger partial charge in [0.15, 0.2) is 0 Å². The second-order valence-corrected chi connectivity index (χ2v) is 4.58. The molecule has 1 aromatic heterocycles. The van der Waals surface area contributed by atoms with E-state index in [1.54, 1.807) is 0 Å². The van der Waals surface area contributed by atoms with Crippen LogP contribution in [0.5, 0.6) is 0 Å². The molecule has 0 aliphatic heterocycles. The zero-order chi connectivity index (χ0) is 15.0. The van der Waals surface area contributed by atoms with Crippen LogP contribution in [0.1, 0.15) is 19.8 Å². The highest BCUT2D eigenvalue weighted by Gasteiger charge is 2.08. The maximum atomic E-state index is 11.9. The molecule has 1 amide bonds. The molecule has 0 radical (unpaired) electrons. The maximum absolute atomic E-state index is 11.9. The Kier molecular flexibility index (Phi) is 7.03. The second-order valence-electron chi connectivity index (χ2n) is 4.20. The second kappa shape index (κ2) is 8.55. The first-order valence-electron chi connectivity index (χ1n) is 6.41. The van der Waals surface area contributed by atoms with Gasteiger partial charge in [0.2, 0.25) is 5.91 Å². The van der Waals surface area contributed by atoms with E-state index in [0.29, 0.717) is 18.8 Å². The number of carbonyl (C=O) groups excluding carboxylic acids is 1. The first-order chi connectivity index (χ1) is 9.56. The van der Waals surface area contributed by atoms with E-state index in [1.165, 1.54) is 10.9 Å². The fourth-order valence-corrected chi connectivity index (χ4v) is 1.70. The minimum atomic E-state index is -0.525. The highest BCUT2D eigenvalue weighted by Crippen LogP contribution is 2.14. The number of hydrogen-bond acceptors (Lipinski definition) is 5. The number of carbonyl (C=O) groups is 1. The first-order valence-corrected chi connectivity index (χ1v) is 6.79. The van der Waals surface area contributed by atoms with Gasteiger partial charge in [0.25, 0.3) is 5.56 Å². The Hall–Kier alpha value is -1.60. The third-order valence-electron chi connectivity index (χ3n) is 2.51. The fourth-order valence-electron chi connectivity index (χ4n) is 1.49. The van der Waals surface area contributed by atoms with Gasteiger partial charge < -0.3 is 15.8 Å². The summed E-state index contributed by atoms with van der Waals surface area (Å²) in [6.45, 7) is 3.13. The summed E-state index contributed by atoms with van der Waals surface area (Å²) in [5.41, 5.74) is 5.06. The van der Waals surface area contributed by atoms with E-state index in [2.05, 4.69) is 10.4 Å².